The Morgan fingerprint density at radius 1 is 1.50 bits per heavy atom. The van der Waals surface area contributed by atoms with Crippen molar-refractivity contribution in [3.63, 3.8) is 0 Å². The number of nitrogens with two attached hydrogens (primary N) is 1. The van der Waals surface area contributed by atoms with Crippen molar-refractivity contribution in [1.82, 2.24) is 0 Å². The van der Waals surface area contributed by atoms with Crippen LogP contribution in [0.1, 0.15) is 23.2 Å². The smallest absolute Gasteiger partial charge is 0.303 e. The van der Waals surface area contributed by atoms with E-state index in [1.807, 2.05) is 0 Å². The Morgan fingerprint density at radius 2 is 2.17 bits per heavy atom. The second-order valence-electron chi connectivity index (χ2n) is 3.75. The van der Waals surface area contributed by atoms with E-state index in [-0.39, 0.29) is 24.2 Å². The monoisotopic (exact) mass is 255 g/mol. The molecule has 0 aliphatic carbocycles. The number of rotatable bonds is 6. The number of carbonyl (C=O) groups is 2. The van der Waals surface area contributed by atoms with Gasteiger partial charge < -0.3 is 15.6 Å². The van der Waals surface area contributed by atoms with E-state index < -0.39 is 23.6 Å². The van der Waals surface area contributed by atoms with Gasteiger partial charge in [0.25, 0.3) is 0 Å². The van der Waals surface area contributed by atoms with Crippen LogP contribution in [0.2, 0.25) is 0 Å². The maximum atomic E-state index is 13.4. The van der Waals surface area contributed by atoms with E-state index in [1.54, 1.807) is 0 Å². The summed E-state index contributed by atoms with van der Waals surface area (Å²) in [4.78, 5) is 22.1. The first-order valence-electron chi connectivity index (χ1n) is 5.31. The molecule has 1 rings (SSSR count). The molecule has 0 heterocycles. The molecule has 1 aromatic rings. The van der Waals surface area contributed by atoms with Gasteiger partial charge in [-0.15, -0.1) is 0 Å². The number of hydrogen-bond donors (Lipinski definition) is 2. The van der Waals surface area contributed by atoms with Crippen LogP contribution in [0.4, 0.5) is 4.39 Å². The Bertz CT molecular complexity index is 461. The molecule has 0 bridgehead atoms. The molecule has 1 aromatic carbocycles. The molecule has 98 valence electrons. The summed E-state index contributed by atoms with van der Waals surface area (Å²) < 4.78 is 18.1. The van der Waals surface area contributed by atoms with Crippen LogP contribution in [0.15, 0.2) is 18.2 Å². The number of ether oxygens (including phenoxy) is 1. The van der Waals surface area contributed by atoms with Crippen molar-refractivity contribution in [3.8, 4) is 5.75 Å². The Kier molecular flexibility index (Phi) is 4.79. The summed E-state index contributed by atoms with van der Waals surface area (Å²) in [6.07, 6.45) is -0.187. The number of methoxy groups -OCH3 is 1. The fraction of sp³-hybridized carbons (Fsp3) is 0.333. The minimum absolute atomic E-state index is 0.0157. The van der Waals surface area contributed by atoms with E-state index in [2.05, 4.69) is 0 Å². The van der Waals surface area contributed by atoms with Gasteiger partial charge in [-0.05, 0) is 24.6 Å². The van der Waals surface area contributed by atoms with Crippen molar-refractivity contribution >= 4 is 11.8 Å². The summed E-state index contributed by atoms with van der Waals surface area (Å²) in [6.45, 7) is 0. The highest BCUT2D eigenvalue weighted by Crippen LogP contribution is 2.18. The molecule has 0 saturated carbocycles. The lowest BCUT2D eigenvalue weighted by Gasteiger charge is -2.10. The average molecular weight is 255 g/mol. The zero-order chi connectivity index (χ0) is 13.7. The summed E-state index contributed by atoms with van der Waals surface area (Å²) in [7, 11) is 1.32. The van der Waals surface area contributed by atoms with Crippen molar-refractivity contribution in [2.24, 2.45) is 5.73 Å². The van der Waals surface area contributed by atoms with E-state index in [1.165, 1.54) is 19.2 Å². The van der Waals surface area contributed by atoms with Crippen LogP contribution >= 0.6 is 0 Å². The maximum Gasteiger partial charge on any atom is 0.303 e. The molecular weight excluding hydrogens is 241 g/mol. The molecule has 0 saturated heterocycles. The molecule has 0 amide bonds. The minimum atomic E-state index is -1.03. The van der Waals surface area contributed by atoms with Gasteiger partial charge in [0.15, 0.2) is 17.3 Å². The molecule has 3 N–H and O–H groups in total. The predicted octanol–water partition coefficient (Wildman–Crippen LogP) is 1.21. The minimum Gasteiger partial charge on any atom is -0.494 e. The standard InChI is InChI=1S/C12H14FNO4/c1-18-10-4-2-7(6-8(10)13)12(17)9(14)3-5-11(15)16/h2,4,6,9H,3,5,14H2,1H3,(H,15,16). The average Bonchev–Trinajstić information content (AvgIpc) is 2.34. The number of hydrogen-bond acceptors (Lipinski definition) is 4. The molecule has 18 heavy (non-hydrogen) atoms. The lowest BCUT2D eigenvalue weighted by Crippen LogP contribution is -2.31. The number of ketones is 1. The van der Waals surface area contributed by atoms with Gasteiger partial charge in [-0.25, -0.2) is 4.39 Å². The van der Waals surface area contributed by atoms with E-state index in [0.717, 1.165) is 6.07 Å². The van der Waals surface area contributed by atoms with Crippen molar-refractivity contribution in [3.05, 3.63) is 29.6 Å². The second kappa shape index (κ2) is 6.11. The van der Waals surface area contributed by atoms with Crippen LogP contribution in [-0.4, -0.2) is 30.0 Å². The van der Waals surface area contributed by atoms with Gasteiger partial charge in [0.2, 0.25) is 0 Å². The first-order valence-corrected chi connectivity index (χ1v) is 5.31. The second-order valence-corrected chi connectivity index (χ2v) is 3.75. The number of benzene rings is 1. The van der Waals surface area contributed by atoms with Gasteiger partial charge in [-0.2, -0.15) is 0 Å². The molecule has 0 aliphatic heterocycles. The van der Waals surface area contributed by atoms with E-state index in [9.17, 15) is 14.0 Å². The van der Waals surface area contributed by atoms with Crippen LogP contribution < -0.4 is 10.5 Å². The van der Waals surface area contributed by atoms with E-state index >= 15 is 0 Å². The molecule has 0 spiro atoms. The maximum absolute atomic E-state index is 13.4. The van der Waals surface area contributed by atoms with Crippen LogP contribution in [0, 0.1) is 5.82 Å². The highest BCUT2D eigenvalue weighted by Gasteiger charge is 2.18. The molecule has 0 fully saturated rings. The predicted molar refractivity (Wildman–Crippen MR) is 62.1 cm³/mol. The highest BCUT2D eigenvalue weighted by molar-refractivity contribution is 6.00. The molecule has 0 radical (unpaired) electrons. The van der Waals surface area contributed by atoms with Crippen LogP contribution in [0.25, 0.3) is 0 Å². The quantitative estimate of drug-likeness (QED) is 0.746. The Hall–Kier alpha value is -1.95. The van der Waals surface area contributed by atoms with Crippen LogP contribution in [-0.2, 0) is 4.79 Å². The number of aliphatic carboxylic acids is 1. The normalized spacial score (nSPS) is 11.9. The molecule has 1 atom stereocenters. The zero-order valence-electron chi connectivity index (χ0n) is 9.85. The summed E-state index contributed by atoms with van der Waals surface area (Å²) in [5, 5.41) is 8.48. The van der Waals surface area contributed by atoms with Gasteiger partial charge >= 0.3 is 5.97 Å². The first-order chi connectivity index (χ1) is 8.45. The van der Waals surface area contributed by atoms with Gasteiger partial charge in [0, 0.05) is 12.0 Å². The number of carbonyl (C=O) groups excluding carboxylic acids is 1. The number of carboxylic acids is 1. The lowest BCUT2D eigenvalue weighted by molar-refractivity contribution is -0.137. The summed E-state index contributed by atoms with van der Waals surface area (Å²) >= 11 is 0. The Balaban J connectivity index is 2.77. The largest absolute Gasteiger partial charge is 0.494 e. The third kappa shape index (κ3) is 3.53. The van der Waals surface area contributed by atoms with E-state index in [0.29, 0.717) is 0 Å². The van der Waals surface area contributed by atoms with Crippen molar-refractivity contribution in [1.29, 1.82) is 0 Å². The number of halogens is 1. The van der Waals surface area contributed by atoms with Gasteiger partial charge in [0.05, 0.1) is 13.2 Å². The molecule has 6 heteroatoms. The molecule has 0 aliphatic rings. The fourth-order valence-electron chi connectivity index (χ4n) is 1.44. The van der Waals surface area contributed by atoms with Crippen molar-refractivity contribution in [2.75, 3.05) is 7.11 Å². The topological polar surface area (TPSA) is 89.6 Å². The lowest BCUT2D eigenvalue weighted by atomic mass is 10.0. The third-order valence-electron chi connectivity index (χ3n) is 2.44. The number of Topliss-reactive ketones (excluding diaryl/α,β-unsaturated/α-hetero) is 1. The van der Waals surface area contributed by atoms with E-state index in [4.69, 9.17) is 15.6 Å². The molecule has 5 nitrogen and oxygen atoms in total. The van der Waals surface area contributed by atoms with Gasteiger partial charge in [0.1, 0.15) is 0 Å². The molecule has 1 unspecified atom stereocenters. The molecular formula is C12H14FNO4. The summed E-state index contributed by atoms with van der Waals surface area (Å²) in [5.74, 6) is -2.14. The highest BCUT2D eigenvalue weighted by atomic mass is 19.1. The van der Waals surface area contributed by atoms with Gasteiger partial charge in [-0.1, -0.05) is 0 Å². The summed E-state index contributed by atoms with van der Waals surface area (Å²) in [6, 6.07) is 2.80. The van der Waals surface area contributed by atoms with Crippen LogP contribution in [0.5, 0.6) is 5.75 Å². The summed E-state index contributed by atoms with van der Waals surface area (Å²) in [5.41, 5.74) is 5.65. The van der Waals surface area contributed by atoms with Crippen LogP contribution in [0.3, 0.4) is 0 Å². The molecule has 0 aromatic heterocycles. The SMILES string of the molecule is COc1ccc(C(=O)C(N)CCC(=O)O)cc1F. The fourth-order valence-corrected chi connectivity index (χ4v) is 1.44. The Labute approximate surface area is 103 Å². The first kappa shape index (κ1) is 14.1. The van der Waals surface area contributed by atoms with Crippen molar-refractivity contribution in [2.45, 2.75) is 18.9 Å². The Morgan fingerprint density at radius 3 is 2.67 bits per heavy atom. The van der Waals surface area contributed by atoms with Crippen molar-refractivity contribution < 1.29 is 23.8 Å². The number of carboxylic acid groups (broad SMARTS) is 1. The van der Waals surface area contributed by atoms with Gasteiger partial charge in [-0.3, -0.25) is 9.59 Å². The third-order valence-corrected chi connectivity index (χ3v) is 2.44. The zero-order valence-corrected chi connectivity index (χ0v) is 9.85.